The Hall–Kier alpha value is -2.38. The van der Waals surface area contributed by atoms with E-state index in [0.717, 1.165) is 5.69 Å². The Labute approximate surface area is 90.8 Å². The predicted octanol–water partition coefficient (Wildman–Crippen LogP) is -0.469. The normalized spacial score (nSPS) is 10.3. The summed E-state index contributed by atoms with van der Waals surface area (Å²) in [5, 5.41) is 16.8. The summed E-state index contributed by atoms with van der Waals surface area (Å²) < 4.78 is 0. The average Bonchev–Trinajstić information content (AvgIpc) is 2.77. The van der Waals surface area contributed by atoms with Gasteiger partial charge in [0.1, 0.15) is 6.54 Å². The van der Waals surface area contributed by atoms with Crippen LogP contribution in [0.25, 0.3) is 0 Å². The Morgan fingerprint density at radius 3 is 3.00 bits per heavy atom. The summed E-state index contributed by atoms with van der Waals surface area (Å²) in [6, 6.07) is 0. The van der Waals surface area contributed by atoms with E-state index in [1.165, 1.54) is 17.2 Å². The molecule has 0 saturated carbocycles. The molecule has 0 fully saturated rings. The van der Waals surface area contributed by atoms with Gasteiger partial charge in [0.05, 0.1) is 23.8 Å². The van der Waals surface area contributed by atoms with E-state index in [0.29, 0.717) is 5.69 Å². The molecule has 0 saturated heterocycles. The molecule has 84 valence electrons. The van der Waals surface area contributed by atoms with Gasteiger partial charge in [-0.1, -0.05) is 0 Å². The van der Waals surface area contributed by atoms with Gasteiger partial charge in [0.15, 0.2) is 5.82 Å². The number of anilines is 2. The lowest BCUT2D eigenvalue weighted by Crippen LogP contribution is -2.20. The van der Waals surface area contributed by atoms with Crippen LogP contribution in [-0.4, -0.2) is 31.1 Å². The lowest BCUT2D eigenvalue weighted by molar-refractivity contribution is -0.117. The molecular formula is C8H11N7O. The number of aromatic amines is 1. The highest BCUT2D eigenvalue weighted by molar-refractivity contribution is 5.90. The summed E-state index contributed by atoms with van der Waals surface area (Å²) in [7, 11) is 0. The zero-order valence-electron chi connectivity index (χ0n) is 8.64. The van der Waals surface area contributed by atoms with Crippen LogP contribution in [0.15, 0.2) is 12.4 Å². The van der Waals surface area contributed by atoms with Gasteiger partial charge in [0.25, 0.3) is 0 Å². The lowest BCUT2D eigenvalue weighted by Gasteiger charge is -2.02. The zero-order valence-corrected chi connectivity index (χ0v) is 8.64. The van der Waals surface area contributed by atoms with Crippen molar-refractivity contribution >= 4 is 17.4 Å². The van der Waals surface area contributed by atoms with E-state index in [1.807, 2.05) is 6.92 Å². The van der Waals surface area contributed by atoms with Crippen LogP contribution >= 0.6 is 0 Å². The molecule has 4 N–H and O–H groups in total. The van der Waals surface area contributed by atoms with Gasteiger partial charge in [-0.05, 0) is 6.92 Å². The quantitative estimate of drug-likeness (QED) is 0.648. The Bertz CT molecular complexity index is 500. The predicted molar refractivity (Wildman–Crippen MR) is 56.4 cm³/mol. The molecule has 1 amide bonds. The van der Waals surface area contributed by atoms with Crippen molar-refractivity contribution in [2.45, 2.75) is 13.5 Å². The molecule has 2 aromatic heterocycles. The van der Waals surface area contributed by atoms with Crippen LogP contribution in [0, 0.1) is 6.92 Å². The minimum Gasteiger partial charge on any atom is -0.381 e. The van der Waals surface area contributed by atoms with E-state index >= 15 is 0 Å². The summed E-state index contributed by atoms with van der Waals surface area (Å²) in [5.74, 6) is 0.0485. The van der Waals surface area contributed by atoms with E-state index in [-0.39, 0.29) is 18.3 Å². The molecular weight excluding hydrogens is 210 g/mol. The number of nitrogens with zero attached hydrogens (tertiary/aromatic N) is 4. The summed E-state index contributed by atoms with van der Waals surface area (Å²) in [4.78, 5) is 12.8. The summed E-state index contributed by atoms with van der Waals surface area (Å²) in [6.07, 6.45) is 2.93. The Morgan fingerprint density at radius 2 is 2.44 bits per heavy atom. The van der Waals surface area contributed by atoms with Crippen molar-refractivity contribution < 1.29 is 4.79 Å². The van der Waals surface area contributed by atoms with Crippen LogP contribution in [0.2, 0.25) is 0 Å². The number of carbonyl (C=O) groups is 1. The van der Waals surface area contributed by atoms with E-state index in [1.54, 1.807) is 0 Å². The maximum Gasteiger partial charge on any atom is 0.248 e. The van der Waals surface area contributed by atoms with Crippen LogP contribution in [0.1, 0.15) is 5.69 Å². The standard InChI is InChI=1S/C8H11N7O/c1-5-6(2-10-13-5)12-8(16)4-15-11-3-7(9)14-15/h2-3H,4H2,1H3,(H2,9,14)(H,10,13)(H,12,16). The maximum atomic E-state index is 11.5. The fourth-order valence-electron chi connectivity index (χ4n) is 1.18. The molecule has 0 radical (unpaired) electrons. The van der Waals surface area contributed by atoms with Crippen molar-refractivity contribution in [2.75, 3.05) is 11.1 Å². The molecule has 2 rings (SSSR count). The minimum atomic E-state index is -0.236. The molecule has 8 heteroatoms. The first-order valence-electron chi connectivity index (χ1n) is 4.60. The summed E-state index contributed by atoms with van der Waals surface area (Å²) in [5.41, 5.74) is 6.81. The highest BCUT2D eigenvalue weighted by atomic mass is 16.2. The van der Waals surface area contributed by atoms with Gasteiger partial charge in [-0.15, -0.1) is 5.10 Å². The minimum absolute atomic E-state index is 0.0157. The number of carbonyl (C=O) groups excluding carboxylic acids is 1. The van der Waals surface area contributed by atoms with Gasteiger partial charge in [-0.3, -0.25) is 9.89 Å². The van der Waals surface area contributed by atoms with Gasteiger partial charge >= 0.3 is 0 Å². The zero-order chi connectivity index (χ0) is 11.5. The van der Waals surface area contributed by atoms with Crippen molar-refractivity contribution in [1.82, 2.24) is 25.2 Å². The second kappa shape index (κ2) is 4.01. The van der Waals surface area contributed by atoms with Gasteiger partial charge in [-0.2, -0.15) is 15.0 Å². The number of nitrogens with one attached hydrogen (secondary N) is 2. The number of aromatic nitrogens is 5. The van der Waals surface area contributed by atoms with Crippen molar-refractivity contribution in [3.05, 3.63) is 18.1 Å². The van der Waals surface area contributed by atoms with Gasteiger partial charge in [0.2, 0.25) is 5.91 Å². The van der Waals surface area contributed by atoms with Crippen LogP contribution < -0.4 is 11.1 Å². The van der Waals surface area contributed by atoms with E-state index in [2.05, 4.69) is 25.7 Å². The second-order valence-electron chi connectivity index (χ2n) is 3.26. The highest BCUT2D eigenvalue weighted by Crippen LogP contribution is 2.08. The van der Waals surface area contributed by atoms with Crippen molar-refractivity contribution in [3.63, 3.8) is 0 Å². The number of hydrogen-bond donors (Lipinski definition) is 3. The summed E-state index contributed by atoms with van der Waals surface area (Å²) >= 11 is 0. The number of amides is 1. The largest absolute Gasteiger partial charge is 0.381 e. The fraction of sp³-hybridized carbons (Fsp3) is 0.250. The average molecular weight is 221 g/mol. The van der Waals surface area contributed by atoms with E-state index < -0.39 is 0 Å². The number of H-pyrrole nitrogens is 1. The Morgan fingerprint density at radius 1 is 1.62 bits per heavy atom. The third-order valence-corrected chi connectivity index (χ3v) is 1.94. The van der Waals surface area contributed by atoms with Crippen LogP contribution in [-0.2, 0) is 11.3 Å². The number of rotatable bonds is 3. The first-order valence-corrected chi connectivity index (χ1v) is 4.60. The molecule has 0 bridgehead atoms. The van der Waals surface area contributed by atoms with Gasteiger partial charge in [0, 0.05) is 0 Å². The monoisotopic (exact) mass is 221 g/mol. The smallest absolute Gasteiger partial charge is 0.248 e. The Kier molecular flexibility index (Phi) is 2.54. The Balaban J connectivity index is 1.97. The fourth-order valence-corrected chi connectivity index (χ4v) is 1.18. The SMILES string of the molecule is Cc1[nH]ncc1NC(=O)Cn1ncc(N)n1. The molecule has 8 nitrogen and oxygen atoms in total. The van der Waals surface area contributed by atoms with E-state index in [9.17, 15) is 4.79 Å². The van der Waals surface area contributed by atoms with Crippen molar-refractivity contribution in [2.24, 2.45) is 0 Å². The van der Waals surface area contributed by atoms with Gasteiger partial charge in [-0.25, -0.2) is 0 Å². The topological polar surface area (TPSA) is 115 Å². The number of hydrogen-bond acceptors (Lipinski definition) is 5. The third-order valence-electron chi connectivity index (χ3n) is 1.94. The summed E-state index contributed by atoms with van der Waals surface area (Å²) in [6.45, 7) is 1.83. The molecule has 16 heavy (non-hydrogen) atoms. The van der Waals surface area contributed by atoms with Crippen molar-refractivity contribution in [1.29, 1.82) is 0 Å². The van der Waals surface area contributed by atoms with Crippen LogP contribution in [0.4, 0.5) is 11.5 Å². The molecule has 0 atom stereocenters. The molecule has 0 unspecified atom stereocenters. The van der Waals surface area contributed by atoms with Crippen molar-refractivity contribution in [3.8, 4) is 0 Å². The third kappa shape index (κ3) is 2.16. The van der Waals surface area contributed by atoms with Crippen LogP contribution in [0.5, 0.6) is 0 Å². The molecule has 0 aromatic carbocycles. The molecule has 2 aromatic rings. The van der Waals surface area contributed by atoms with Gasteiger partial charge < -0.3 is 11.1 Å². The second-order valence-corrected chi connectivity index (χ2v) is 3.26. The molecule has 0 aliphatic heterocycles. The molecule has 0 aliphatic carbocycles. The number of nitrogens with two attached hydrogens (primary N) is 1. The highest BCUT2D eigenvalue weighted by Gasteiger charge is 2.08. The first-order chi connectivity index (χ1) is 7.65. The molecule has 2 heterocycles. The first kappa shape index (κ1) is 10.1. The molecule has 0 spiro atoms. The van der Waals surface area contributed by atoms with Crippen LogP contribution in [0.3, 0.4) is 0 Å². The number of aryl methyl sites for hydroxylation is 1. The maximum absolute atomic E-state index is 11.5. The number of nitrogen functional groups attached to an aromatic ring is 1. The van der Waals surface area contributed by atoms with E-state index in [4.69, 9.17) is 5.73 Å². The molecule has 0 aliphatic rings. The lowest BCUT2D eigenvalue weighted by atomic mass is 10.4.